The molecule has 0 aliphatic carbocycles. The second-order valence-corrected chi connectivity index (χ2v) is 5.56. The van der Waals surface area contributed by atoms with Gasteiger partial charge in [-0.1, -0.05) is 30.3 Å². The monoisotopic (exact) mass is 296 g/mol. The first-order valence-electron chi connectivity index (χ1n) is 7.47. The Morgan fingerprint density at radius 3 is 2.91 bits per heavy atom. The zero-order chi connectivity index (χ0) is 15.5. The van der Waals surface area contributed by atoms with Gasteiger partial charge in [-0.25, -0.2) is 4.79 Å². The molecule has 4 nitrogen and oxygen atoms in total. The second-order valence-electron chi connectivity index (χ2n) is 5.56. The third kappa shape index (κ3) is 2.77. The molecule has 3 rings (SSSR count). The normalized spacial score (nSPS) is 16.3. The number of hydrogen-bond donors (Lipinski definition) is 1. The third-order valence-electron chi connectivity index (χ3n) is 4.00. The summed E-state index contributed by atoms with van der Waals surface area (Å²) < 4.78 is 5.20. The summed E-state index contributed by atoms with van der Waals surface area (Å²) in [5, 5.41) is 2.99. The van der Waals surface area contributed by atoms with E-state index in [1.165, 1.54) is 5.56 Å². The Morgan fingerprint density at radius 2 is 2.09 bits per heavy atom. The number of ether oxygens (including phenoxy) is 1. The number of fused-ring (bicyclic) bond motifs is 1. The maximum Gasteiger partial charge on any atom is 0.322 e. The number of nitrogens with one attached hydrogen (secondary N) is 1. The smallest absolute Gasteiger partial charge is 0.322 e. The van der Waals surface area contributed by atoms with Crippen molar-refractivity contribution in [3.63, 3.8) is 0 Å². The van der Waals surface area contributed by atoms with E-state index >= 15 is 0 Å². The molecule has 1 atom stereocenters. The van der Waals surface area contributed by atoms with Gasteiger partial charge in [-0.05, 0) is 42.7 Å². The summed E-state index contributed by atoms with van der Waals surface area (Å²) in [6.07, 6.45) is 0.906. The second kappa shape index (κ2) is 6.10. The molecular formula is C18H20N2O2. The number of para-hydroxylation sites is 1. The van der Waals surface area contributed by atoms with E-state index in [1.807, 2.05) is 47.4 Å². The van der Waals surface area contributed by atoms with Crippen molar-refractivity contribution >= 4 is 11.7 Å². The first kappa shape index (κ1) is 14.4. The highest BCUT2D eigenvalue weighted by molar-refractivity contribution is 5.94. The number of carbonyl (C=O) groups excluding carboxylic acids is 1. The largest absolute Gasteiger partial charge is 0.497 e. The molecule has 0 spiro atoms. The van der Waals surface area contributed by atoms with Gasteiger partial charge >= 0.3 is 6.03 Å². The van der Waals surface area contributed by atoms with Crippen molar-refractivity contribution in [2.45, 2.75) is 25.9 Å². The van der Waals surface area contributed by atoms with E-state index in [1.54, 1.807) is 7.11 Å². The summed E-state index contributed by atoms with van der Waals surface area (Å²) in [5.74, 6) is 0.798. The lowest BCUT2D eigenvalue weighted by atomic mass is 10.1. The number of benzene rings is 2. The molecule has 22 heavy (non-hydrogen) atoms. The van der Waals surface area contributed by atoms with Crippen molar-refractivity contribution in [2.24, 2.45) is 0 Å². The lowest BCUT2D eigenvalue weighted by molar-refractivity contribution is 0.244. The van der Waals surface area contributed by atoms with Crippen LogP contribution in [0.1, 0.15) is 18.1 Å². The van der Waals surface area contributed by atoms with Crippen LogP contribution >= 0.6 is 0 Å². The molecule has 0 aromatic heterocycles. The highest BCUT2D eigenvalue weighted by Crippen LogP contribution is 2.31. The van der Waals surface area contributed by atoms with Gasteiger partial charge in [0.05, 0.1) is 7.11 Å². The molecular weight excluding hydrogens is 276 g/mol. The number of carbonyl (C=O) groups is 1. The van der Waals surface area contributed by atoms with Gasteiger partial charge in [-0.3, -0.25) is 4.90 Å². The minimum atomic E-state index is -0.0553. The maximum absolute atomic E-state index is 12.5. The van der Waals surface area contributed by atoms with Crippen molar-refractivity contribution in [3.05, 3.63) is 59.7 Å². The van der Waals surface area contributed by atoms with Crippen molar-refractivity contribution in [1.29, 1.82) is 0 Å². The fraction of sp³-hybridized carbons (Fsp3) is 0.278. The van der Waals surface area contributed by atoms with E-state index in [-0.39, 0.29) is 12.1 Å². The number of hydrogen-bond acceptors (Lipinski definition) is 2. The standard InChI is InChI=1S/C18H20N2O2/c1-13-10-15-7-3-4-9-17(15)20(13)18(21)19-12-14-6-5-8-16(11-14)22-2/h3-9,11,13H,10,12H2,1-2H3,(H,19,21). The highest BCUT2D eigenvalue weighted by Gasteiger charge is 2.30. The van der Waals surface area contributed by atoms with Crippen LogP contribution in [-0.2, 0) is 13.0 Å². The summed E-state index contributed by atoms with van der Waals surface area (Å²) in [4.78, 5) is 14.4. The average Bonchev–Trinajstić information content (AvgIpc) is 2.88. The van der Waals surface area contributed by atoms with Gasteiger partial charge in [0.2, 0.25) is 0 Å². The van der Waals surface area contributed by atoms with Crippen LogP contribution in [0.5, 0.6) is 5.75 Å². The predicted octanol–water partition coefficient (Wildman–Crippen LogP) is 3.36. The molecule has 0 bridgehead atoms. The van der Waals surface area contributed by atoms with Crippen molar-refractivity contribution in [2.75, 3.05) is 12.0 Å². The Kier molecular flexibility index (Phi) is 4.00. The molecule has 4 heteroatoms. The summed E-state index contributed by atoms with van der Waals surface area (Å²) >= 11 is 0. The maximum atomic E-state index is 12.5. The van der Waals surface area contributed by atoms with Gasteiger partial charge in [0.25, 0.3) is 0 Å². The molecule has 1 heterocycles. The molecule has 2 aromatic carbocycles. The zero-order valence-corrected chi connectivity index (χ0v) is 12.9. The molecule has 114 valence electrons. The van der Waals surface area contributed by atoms with Crippen LogP contribution in [0.4, 0.5) is 10.5 Å². The average molecular weight is 296 g/mol. The van der Waals surface area contributed by atoms with Gasteiger partial charge in [0.1, 0.15) is 5.75 Å². The van der Waals surface area contributed by atoms with Crippen LogP contribution in [0, 0.1) is 0 Å². The third-order valence-corrected chi connectivity index (χ3v) is 4.00. The van der Waals surface area contributed by atoms with Gasteiger partial charge in [0, 0.05) is 18.3 Å². The van der Waals surface area contributed by atoms with Crippen molar-refractivity contribution in [3.8, 4) is 5.75 Å². The molecule has 2 aromatic rings. The lowest BCUT2D eigenvalue weighted by Crippen LogP contribution is -2.42. The number of amides is 2. The van der Waals surface area contributed by atoms with Crippen LogP contribution in [0.2, 0.25) is 0 Å². The summed E-state index contributed by atoms with van der Waals surface area (Å²) in [7, 11) is 1.64. The molecule has 0 fully saturated rings. The summed E-state index contributed by atoms with van der Waals surface area (Å²) in [5.41, 5.74) is 3.26. The van der Waals surface area contributed by atoms with E-state index in [0.717, 1.165) is 23.4 Å². The first-order valence-corrected chi connectivity index (χ1v) is 7.47. The number of nitrogens with zero attached hydrogens (tertiary/aromatic N) is 1. The predicted molar refractivity (Wildman–Crippen MR) is 87.3 cm³/mol. The lowest BCUT2D eigenvalue weighted by Gasteiger charge is -2.23. The minimum Gasteiger partial charge on any atom is -0.497 e. The first-order chi connectivity index (χ1) is 10.7. The molecule has 2 amide bonds. The Labute approximate surface area is 130 Å². The molecule has 1 aliphatic heterocycles. The van der Waals surface area contributed by atoms with Crippen molar-refractivity contribution < 1.29 is 9.53 Å². The molecule has 0 radical (unpaired) electrons. The molecule has 1 aliphatic rings. The number of methoxy groups -OCH3 is 1. The minimum absolute atomic E-state index is 0.0553. The van der Waals surface area contributed by atoms with Crippen LogP contribution < -0.4 is 15.0 Å². The zero-order valence-electron chi connectivity index (χ0n) is 12.9. The highest BCUT2D eigenvalue weighted by atomic mass is 16.5. The van der Waals surface area contributed by atoms with Crippen molar-refractivity contribution in [1.82, 2.24) is 5.32 Å². The van der Waals surface area contributed by atoms with E-state index in [9.17, 15) is 4.79 Å². The topological polar surface area (TPSA) is 41.6 Å². The van der Waals surface area contributed by atoms with E-state index in [0.29, 0.717) is 6.54 Å². The Bertz CT molecular complexity index is 684. The summed E-state index contributed by atoms with van der Waals surface area (Å²) in [6.45, 7) is 2.56. The fourth-order valence-electron chi connectivity index (χ4n) is 2.92. The number of urea groups is 1. The molecule has 0 saturated carbocycles. The fourth-order valence-corrected chi connectivity index (χ4v) is 2.92. The van der Waals surface area contributed by atoms with Crippen LogP contribution in [0.3, 0.4) is 0 Å². The number of anilines is 1. The number of rotatable bonds is 3. The van der Waals surface area contributed by atoms with Gasteiger partial charge in [-0.15, -0.1) is 0 Å². The van der Waals surface area contributed by atoms with E-state index in [2.05, 4.69) is 18.3 Å². The Morgan fingerprint density at radius 1 is 1.27 bits per heavy atom. The van der Waals surface area contributed by atoms with Crippen LogP contribution in [0.25, 0.3) is 0 Å². The molecule has 1 N–H and O–H groups in total. The van der Waals surface area contributed by atoms with Gasteiger partial charge in [0.15, 0.2) is 0 Å². The van der Waals surface area contributed by atoms with Crippen LogP contribution in [-0.4, -0.2) is 19.2 Å². The van der Waals surface area contributed by atoms with E-state index in [4.69, 9.17) is 4.74 Å². The Hall–Kier alpha value is -2.49. The van der Waals surface area contributed by atoms with Gasteiger partial charge in [-0.2, -0.15) is 0 Å². The quantitative estimate of drug-likeness (QED) is 0.943. The SMILES string of the molecule is COc1cccc(CNC(=O)N2c3ccccc3CC2C)c1. The Balaban J connectivity index is 1.70. The van der Waals surface area contributed by atoms with Gasteiger partial charge < -0.3 is 10.1 Å². The molecule has 0 saturated heterocycles. The molecule has 1 unspecified atom stereocenters. The summed E-state index contributed by atoms with van der Waals surface area (Å²) in [6, 6.07) is 15.9. The van der Waals surface area contributed by atoms with E-state index < -0.39 is 0 Å². The van der Waals surface area contributed by atoms with Crippen LogP contribution in [0.15, 0.2) is 48.5 Å².